The number of para-hydroxylation sites is 1. The summed E-state index contributed by atoms with van der Waals surface area (Å²) in [7, 11) is 1.93. The first kappa shape index (κ1) is 17.7. The molecule has 6 heteroatoms. The number of amides is 3. The number of hydrogen-bond donors (Lipinski definition) is 2. The van der Waals surface area contributed by atoms with E-state index < -0.39 is 0 Å². The van der Waals surface area contributed by atoms with Gasteiger partial charge in [0, 0.05) is 37.9 Å². The van der Waals surface area contributed by atoms with Crippen molar-refractivity contribution in [3.8, 4) is 0 Å². The lowest BCUT2D eigenvalue weighted by molar-refractivity contribution is -0.137. The Morgan fingerprint density at radius 3 is 2.64 bits per heavy atom. The van der Waals surface area contributed by atoms with Crippen LogP contribution in [0.2, 0.25) is 0 Å². The van der Waals surface area contributed by atoms with Crippen molar-refractivity contribution in [1.29, 1.82) is 0 Å². The van der Waals surface area contributed by atoms with E-state index in [1.165, 1.54) is 0 Å². The number of nitrogens with one attached hydrogen (secondary N) is 2. The van der Waals surface area contributed by atoms with Gasteiger partial charge in [-0.25, -0.2) is 4.79 Å². The maximum atomic E-state index is 13.0. The molecule has 2 fully saturated rings. The molecule has 25 heavy (non-hydrogen) atoms. The molecule has 0 bridgehead atoms. The summed E-state index contributed by atoms with van der Waals surface area (Å²) in [5.41, 5.74) is 0.787. The number of likely N-dealkylation sites (N-methyl/N-ethyl adjacent to an activating group) is 1. The van der Waals surface area contributed by atoms with Crippen molar-refractivity contribution < 1.29 is 9.59 Å². The molecule has 136 valence electrons. The highest BCUT2D eigenvalue weighted by Gasteiger charge is 2.35. The standard InChI is InChI=1S/C19H28N4O2/c1-20-13-17-10-6-12-23(17)18(24)15-7-5-11-22(14-15)19(25)21-16-8-3-2-4-9-16/h2-4,8-9,15,17,20H,5-7,10-14H2,1H3,(H,21,25). The van der Waals surface area contributed by atoms with Gasteiger partial charge in [0.1, 0.15) is 0 Å². The molecule has 2 atom stereocenters. The van der Waals surface area contributed by atoms with E-state index in [1.807, 2.05) is 42.3 Å². The Morgan fingerprint density at radius 2 is 1.88 bits per heavy atom. The van der Waals surface area contributed by atoms with E-state index in [4.69, 9.17) is 0 Å². The summed E-state index contributed by atoms with van der Waals surface area (Å²) in [6.07, 6.45) is 3.89. The van der Waals surface area contributed by atoms with Gasteiger partial charge < -0.3 is 20.4 Å². The van der Waals surface area contributed by atoms with Gasteiger partial charge in [-0.2, -0.15) is 0 Å². The van der Waals surface area contributed by atoms with Gasteiger partial charge in [-0.15, -0.1) is 0 Å². The summed E-state index contributed by atoms with van der Waals surface area (Å²) in [4.78, 5) is 29.3. The maximum Gasteiger partial charge on any atom is 0.321 e. The molecule has 0 spiro atoms. The lowest BCUT2D eigenvalue weighted by Crippen LogP contribution is -2.50. The fourth-order valence-electron chi connectivity index (χ4n) is 3.90. The van der Waals surface area contributed by atoms with Gasteiger partial charge in [-0.1, -0.05) is 18.2 Å². The summed E-state index contributed by atoms with van der Waals surface area (Å²) >= 11 is 0. The van der Waals surface area contributed by atoms with Crippen molar-refractivity contribution in [1.82, 2.24) is 15.1 Å². The zero-order valence-corrected chi connectivity index (χ0v) is 14.9. The molecule has 1 aromatic rings. The average molecular weight is 344 g/mol. The minimum absolute atomic E-state index is 0.0762. The van der Waals surface area contributed by atoms with Gasteiger partial charge in [0.15, 0.2) is 0 Å². The lowest BCUT2D eigenvalue weighted by atomic mass is 9.96. The number of likely N-dealkylation sites (tertiary alicyclic amines) is 2. The minimum atomic E-state index is -0.114. The predicted molar refractivity (Wildman–Crippen MR) is 98.4 cm³/mol. The SMILES string of the molecule is CNCC1CCCN1C(=O)C1CCCN(C(=O)Nc2ccccc2)C1. The molecule has 2 aliphatic rings. The van der Waals surface area contributed by atoms with E-state index in [0.29, 0.717) is 19.1 Å². The monoisotopic (exact) mass is 344 g/mol. The van der Waals surface area contributed by atoms with E-state index in [-0.39, 0.29) is 17.9 Å². The third kappa shape index (κ3) is 4.31. The van der Waals surface area contributed by atoms with Crippen LogP contribution in [-0.4, -0.2) is 61.0 Å². The van der Waals surface area contributed by atoms with Gasteiger partial charge in [0.05, 0.1) is 5.92 Å². The molecule has 0 saturated carbocycles. The molecule has 2 heterocycles. The largest absolute Gasteiger partial charge is 0.338 e. The number of piperidine rings is 1. The smallest absolute Gasteiger partial charge is 0.321 e. The molecule has 2 unspecified atom stereocenters. The fraction of sp³-hybridized carbons (Fsp3) is 0.579. The minimum Gasteiger partial charge on any atom is -0.338 e. The fourth-order valence-corrected chi connectivity index (χ4v) is 3.90. The summed E-state index contributed by atoms with van der Waals surface area (Å²) in [5, 5.41) is 6.11. The zero-order chi connectivity index (χ0) is 17.6. The number of rotatable bonds is 4. The van der Waals surface area contributed by atoms with Crippen molar-refractivity contribution in [2.75, 3.05) is 38.5 Å². The Morgan fingerprint density at radius 1 is 1.12 bits per heavy atom. The maximum absolute atomic E-state index is 13.0. The molecule has 3 amide bonds. The highest BCUT2D eigenvalue weighted by atomic mass is 16.2. The highest BCUT2D eigenvalue weighted by Crippen LogP contribution is 2.25. The lowest BCUT2D eigenvalue weighted by Gasteiger charge is -2.35. The Bertz CT molecular complexity index is 592. The van der Waals surface area contributed by atoms with Gasteiger partial charge in [-0.05, 0) is 44.9 Å². The second-order valence-electron chi connectivity index (χ2n) is 6.97. The first-order valence-corrected chi connectivity index (χ1v) is 9.25. The van der Waals surface area contributed by atoms with Crippen molar-refractivity contribution in [2.45, 2.75) is 31.7 Å². The molecular formula is C19H28N4O2. The van der Waals surface area contributed by atoms with Crippen LogP contribution in [0, 0.1) is 5.92 Å². The first-order chi connectivity index (χ1) is 12.2. The van der Waals surface area contributed by atoms with Crippen LogP contribution in [0.1, 0.15) is 25.7 Å². The molecule has 2 saturated heterocycles. The Hall–Kier alpha value is -2.08. The van der Waals surface area contributed by atoms with Crippen molar-refractivity contribution in [2.24, 2.45) is 5.92 Å². The normalized spacial score (nSPS) is 23.6. The molecule has 6 nitrogen and oxygen atoms in total. The molecule has 2 N–H and O–H groups in total. The van der Waals surface area contributed by atoms with Crippen LogP contribution in [0.4, 0.5) is 10.5 Å². The number of anilines is 1. The van der Waals surface area contributed by atoms with Gasteiger partial charge >= 0.3 is 6.03 Å². The van der Waals surface area contributed by atoms with Crippen LogP contribution in [-0.2, 0) is 4.79 Å². The summed E-state index contributed by atoms with van der Waals surface area (Å²) < 4.78 is 0. The van der Waals surface area contributed by atoms with Crippen LogP contribution in [0.3, 0.4) is 0 Å². The number of carbonyl (C=O) groups is 2. The summed E-state index contributed by atoms with van der Waals surface area (Å²) in [6.45, 7) is 2.91. The Balaban J connectivity index is 1.58. The summed E-state index contributed by atoms with van der Waals surface area (Å²) in [6, 6.07) is 9.64. The molecule has 2 aliphatic heterocycles. The van der Waals surface area contributed by atoms with Gasteiger partial charge in [-0.3, -0.25) is 4.79 Å². The van der Waals surface area contributed by atoms with Crippen molar-refractivity contribution in [3.05, 3.63) is 30.3 Å². The second kappa shape index (κ2) is 8.34. The van der Waals surface area contributed by atoms with E-state index in [1.54, 1.807) is 4.90 Å². The molecule has 0 aromatic heterocycles. The topological polar surface area (TPSA) is 64.7 Å². The quantitative estimate of drug-likeness (QED) is 0.879. The van der Waals surface area contributed by atoms with Crippen LogP contribution in [0.5, 0.6) is 0 Å². The van der Waals surface area contributed by atoms with Crippen LogP contribution in [0.25, 0.3) is 0 Å². The zero-order valence-electron chi connectivity index (χ0n) is 14.9. The van der Waals surface area contributed by atoms with Gasteiger partial charge in [0.2, 0.25) is 5.91 Å². The number of benzene rings is 1. The van der Waals surface area contributed by atoms with Crippen molar-refractivity contribution in [3.63, 3.8) is 0 Å². The summed E-state index contributed by atoms with van der Waals surface area (Å²) in [5.74, 6) is 0.141. The van der Waals surface area contributed by atoms with E-state index in [0.717, 1.165) is 44.5 Å². The van der Waals surface area contributed by atoms with Crippen LogP contribution < -0.4 is 10.6 Å². The van der Waals surface area contributed by atoms with Crippen molar-refractivity contribution >= 4 is 17.6 Å². The number of urea groups is 1. The molecule has 1 aromatic carbocycles. The number of nitrogens with zero attached hydrogens (tertiary/aromatic N) is 2. The Labute approximate surface area is 149 Å². The van der Waals surface area contributed by atoms with E-state index in [9.17, 15) is 9.59 Å². The molecular weight excluding hydrogens is 316 g/mol. The Kier molecular flexibility index (Phi) is 5.91. The highest BCUT2D eigenvalue weighted by molar-refractivity contribution is 5.90. The van der Waals surface area contributed by atoms with Gasteiger partial charge in [0.25, 0.3) is 0 Å². The first-order valence-electron chi connectivity index (χ1n) is 9.25. The van der Waals surface area contributed by atoms with Crippen LogP contribution in [0.15, 0.2) is 30.3 Å². The van der Waals surface area contributed by atoms with E-state index in [2.05, 4.69) is 10.6 Å². The molecule has 3 rings (SSSR count). The third-order valence-corrected chi connectivity index (χ3v) is 5.18. The number of carbonyl (C=O) groups excluding carboxylic acids is 2. The third-order valence-electron chi connectivity index (χ3n) is 5.18. The molecule has 0 radical (unpaired) electrons. The average Bonchev–Trinajstić information content (AvgIpc) is 3.10. The number of hydrogen-bond acceptors (Lipinski definition) is 3. The van der Waals surface area contributed by atoms with E-state index >= 15 is 0 Å². The van der Waals surface area contributed by atoms with Crippen LogP contribution >= 0.6 is 0 Å². The molecule has 0 aliphatic carbocycles. The predicted octanol–water partition coefficient (Wildman–Crippen LogP) is 2.14. The second-order valence-corrected chi connectivity index (χ2v) is 6.97.